The average molecular weight is 440 g/mol. The number of hydrogen-bond donors (Lipinski definition) is 2. The number of nitrogens with one attached hydrogen (secondary N) is 2. The van der Waals surface area contributed by atoms with Gasteiger partial charge < -0.3 is 15.4 Å². The lowest BCUT2D eigenvalue weighted by Crippen LogP contribution is -2.38. The molecule has 0 atom stereocenters. The molecule has 124 valence electrons. The first-order valence-electron chi connectivity index (χ1n) is 6.89. The zero-order valence-corrected chi connectivity index (χ0v) is 16.1. The first-order chi connectivity index (χ1) is 10.0. The van der Waals surface area contributed by atoms with E-state index in [4.69, 9.17) is 16.3 Å². The largest absolute Gasteiger partial charge is 0.463 e. The van der Waals surface area contributed by atoms with Gasteiger partial charge in [0.2, 0.25) is 0 Å². The molecule has 1 aromatic carbocycles. The Hall–Kier alpha value is -1.02. The number of rotatable bonds is 6. The second kappa shape index (κ2) is 11.5. The molecule has 0 radical (unpaired) electrons. The molecule has 0 bridgehead atoms. The molecule has 0 aliphatic heterocycles. The smallest absolute Gasteiger partial charge is 0.307 e. The quantitative estimate of drug-likeness (QED) is 0.310. The number of hydrogen-bond acceptors (Lipinski definition) is 3. The minimum absolute atomic E-state index is 0. The third-order valence-electron chi connectivity index (χ3n) is 2.59. The number of esters is 1. The van der Waals surface area contributed by atoms with Crippen LogP contribution < -0.4 is 10.6 Å². The fourth-order valence-electron chi connectivity index (χ4n) is 1.61. The summed E-state index contributed by atoms with van der Waals surface area (Å²) in [6.45, 7) is 4.77. The van der Waals surface area contributed by atoms with Crippen LogP contribution in [0.3, 0.4) is 0 Å². The normalized spacial score (nSPS) is 10.9. The van der Waals surface area contributed by atoms with E-state index in [1.165, 1.54) is 0 Å². The fourth-order valence-corrected chi connectivity index (χ4v) is 1.74. The lowest BCUT2D eigenvalue weighted by atomic mass is 10.2. The topological polar surface area (TPSA) is 62.7 Å². The van der Waals surface area contributed by atoms with Crippen molar-refractivity contribution in [3.63, 3.8) is 0 Å². The van der Waals surface area contributed by atoms with Gasteiger partial charge in [-0.3, -0.25) is 9.79 Å². The number of halogens is 2. The van der Waals surface area contributed by atoms with Gasteiger partial charge >= 0.3 is 5.97 Å². The third kappa shape index (κ3) is 9.09. The highest BCUT2D eigenvalue weighted by Gasteiger charge is 2.05. The van der Waals surface area contributed by atoms with Gasteiger partial charge in [-0.1, -0.05) is 23.7 Å². The number of carbonyl (C=O) groups excluding carboxylic acids is 1. The molecule has 0 unspecified atom stereocenters. The molecule has 0 aromatic heterocycles. The molecule has 0 saturated carbocycles. The van der Waals surface area contributed by atoms with Gasteiger partial charge in [0.05, 0.1) is 12.5 Å². The van der Waals surface area contributed by atoms with Gasteiger partial charge in [0.25, 0.3) is 0 Å². The first-order valence-corrected chi connectivity index (χ1v) is 7.27. The summed E-state index contributed by atoms with van der Waals surface area (Å²) < 4.78 is 5.05. The molecule has 7 heteroatoms. The number of ether oxygens (including phenoxy) is 1. The highest BCUT2D eigenvalue weighted by atomic mass is 127. The number of nitrogens with zero attached hydrogens (tertiary/aromatic N) is 1. The van der Waals surface area contributed by atoms with Crippen molar-refractivity contribution < 1.29 is 9.53 Å². The van der Waals surface area contributed by atoms with Gasteiger partial charge in [-0.15, -0.1) is 24.0 Å². The van der Waals surface area contributed by atoms with Crippen molar-refractivity contribution in [1.29, 1.82) is 0 Å². The predicted molar refractivity (Wildman–Crippen MR) is 101 cm³/mol. The molecule has 0 aliphatic carbocycles. The number of aliphatic imine (C=N–C) groups is 1. The van der Waals surface area contributed by atoms with Crippen LogP contribution in [0, 0.1) is 0 Å². The lowest BCUT2D eigenvalue weighted by molar-refractivity contribution is -0.147. The molecule has 5 nitrogen and oxygen atoms in total. The molecule has 0 spiro atoms. The Morgan fingerprint density at radius 1 is 1.27 bits per heavy atom. The van der Waals surface area contributed by atoms with Crippen molar-refractivity contribution in [2.75, 3.05) is 13.6 Å². The Kier molecular flexibility index (Phi) is 11.0. The number of benzene rings is 1. The summed E-state index contributed by atoms with van der Waals surface area (Å²) in [6.07, 6.45) is 0.222. The lowest BCUT2D eigenvalue weighted by Gasteiger charge is -2.12. The van der Waals surface area contributed by atoms with E-state index in [9.17, 15) is 4.79 Å². The van der Waals surface area contributed by atoms with Gasteiger partial charge in [0, 0.05) is 25.2 Å². The van der Waals surface area contributed by atoms with E-state index in [1.54, 1.807) is 7.05 Å². The Morgan fingerprint density at radius 3 is 2.45 bits per heavy atom. The molecule has 0 saturated heterocycles. The molecule has 0 aliphatic rings. The monoisotopic (exact) mass is 439 g/mol. The fraction of sp³-hybridized carbons (Fsp3) is 0.467. The Balaban J connectivity index is 0.00000441. The zero-order valence-electron chi connectivity index (χ0n) is 13.1. The van der Waals surface area contributed by atoms with Crippen LogP contribution in [-0.4, -0.2) is 31.6 Å². The maximum absolute atomic E-state index is 11.4. The summed E-state index contributed by atoms with van der Waals surface area (Å²) in [5.74, 6) is 0.424. The van der Waals surface area contributed by atoms with Gasteiger partial charge in [0.1, 0.15) is 0 Å². The van der Waals surface area contributed by atoms with Crippen LogP contribution in [0.5, 0.6) is 0 Å². The van der Waals surface area contributed by atoms with Gasteiger partial charge in [-0.25, -0.2) is 0 Å². The van der Waals surface area contributed by atoms with Gasteiger partial charge in [-0.2, -0.15) is 0 Å². The highest BCUT2D eigenvalue weighted by molar-refractivity contribution is 14.0. The zero-order chi connectivity index (χ0) is 15.7. The van der Waals surface area contributed by atoms with Gasteiger partial charge in [-0.05, 0) is 31.5 Å². The van der Waals surface area contributed by atoms with E-state index in [1.807, 2.05) is 38.1 Å². The third-order valence-corrected chi connectivity index (χ3v) is 2.84. The first kappa shape index (κ1) is 21.0. The molecule has 22 heavy (non-hydrogen) atoms. The van der Waals surface area contributed by atoms with Crippen molar-refractivity contribution in [3.05, 3.63) is 34.9 Å². The Labute approximate surface area is 153 Å². The van der Waals surface area contributed by atoms with Crippen LogP contribution in [0.25, 0.3) is 0 Å². The number of carbonyl (C=O) groups is 1. The minimum Gasteiger partial charge on any atom is -0.463 e. The van der Waals surface area contributed by atoms with Crippen molar-refractivity contribution in [2.24, 2.45) is 4.99 Å². The van der Waals surface area contributed by atoms with Crippen LogP contribution in [-0.2, 0) is 16.1 Å². The molecule has 0 heterocycles. The summed E-state index contributed by atoms with van der Waals surface area (Å²) in [4.78, 5) is 15.5. The second-order valence-electron chi connectivity index (χ2n) is 4.77. The van der Waals surface area contributed by atoms with Crippen LogP contribution >= 0.6 is 35.6 Å². The number of guanidine groups is 1. The predicted octanol–water partition coefficient (Wildman–Crippen LogP) is 2.96. The maximum Gasteiger partial charge on any atom is 0.307 e. The van der Waals surface area contributed by atoms with E-state index < -0.39 is 0 Å². The van der Waals surface area contributed by atoms with E-state index in [0.717, 1.165) is 5.56 Å². The molecule has 0 amide bonds. The van der Waals surface area contributed by atoms with E-state index in [0.29, 0.717) is 30.5 Å². The second-order valence-corrected chi connectivity index (χ2v) is 5.20. The molecular weight excluding hydrogens is 417 g/mol. The van der Waals surface area contributed by atoms with Crippen molar-refractivity contribution in [2.45, 2.75) is 32.9 Å². The van der Waals surface area contributed by atoms with Crippen LogP contribution in [0.2, 0.25) is 5.02 Å². The standard InChI is InChI=1S/C15H22ClN3O2.HI/c1-11(2)21-14(20)8-9-18-15(17-3)19-10-12-4-6-13(16)7-5-12;/h4-7,11H,8-10H2,1-3H3,(H2,17,18,19);1H. The Bertz CT molecular complexity index is 478. The minimum atomic E-state index is -0.217. The summed E-state index contributed by atoms with van der Waals surface area (Å²) in [6, 6.07) is 7.58. The Morgan fingerprint density at radius 2 is 1.91 bits per heavy atom. The van der Waals surface area contributed by atoms with Gasteiger partial charge in [0.15, 0.2) is 5.96 Å². The summed E-state index contributed by atoms with van der Waals surface area (Å²) >= 11 is 5.84. The summed E-state index contributed by atoms with van der Waals surface area (Å²) in [5.41, 5.74) is 1.10. The van der Waals surface area contributed by atoms with Crippen molar-refractivity contribution in [1.82, 2.24) is 10.6 Å². The average Bonchev–Trinajstić information content (AvgIpc) is 2.43. The van der Waals surface area contributed by atoms with Crippen LogP contribution in [0.15, 0.2) is 29.3 Å². The van der Waals surface area contributed by atoms with E-state index in [-0.39, 0.29) is 36.0 Å². The summed E-state index contributed by atoms with van der Waals surface area (Å²) in [7, 11) is 1.68. The summed E-state index contributed by atoms with van der Waals surface area (Å²) in [5, 5.41) is 6.94. The molecule has 1 aromatic rings. The van der Waals surface area contributed by atoms with Crippen molar-refractivity contribution in [3.8, 4) is 0 Å². The maximum atomic E-state index is 11.4. The van der Waals surface area contributed by atoms with Crippen molar-refractivity contribution >= 4 is 47.5 Å². The SMILES string of the molecule is CN=C(NCCC(=O)OC(C)C)NCc1ccc(Cl)cc1.I. The van der Waals surface area contributed by atoms with E-state index in [2.05, 4.69) is 15.6 Å². The molecule has 1 rings (SSSR count). The van der Waals surface area contributed by atoms with Crippen LogP contribution in [0.4, 0.5) is 0 Å². The molecule has 0 fully saturated rings. The molecule has 2 N–H and O–H groups in total. The van der Waals surface area contributed by atoms with E-state index >= 15 is 0 Å². The van der Waals surface area contributed by atoms with Crippen LogP contribution in [0.1, 0.15) is 25.8 Å². The molecular formula is C15H23ClIN3O2. The highest BCUT2D eigenvalue weighted by Crippen LogP contribution is 2.08.